The van der Waals surface area contributed by atoms with E-state index in [0.717, 1.165) is 5.56 Å². The number of nitrogens with one attached hydrogen (secondary N) is 1. The van der Waals surface area contributed by atoms with Crippen LogP contribution in [0.1, 0.15) is 25.5 Å². The minimum atomic E-state index is -0.523. The van der Waals surface area contributed by atoms with Crippen molar-refractivity contribution >= 4 is 5.91 Å². The molecule has 0 aliphatic heterocycles. The summed E-state index contributed by atoms with van der Waals surface area (Å²) in [5.74, 6) is 0.507. The Morgan fingerprint density at radius 2 is 2.00 bits per heavy atom. The van der Waals surface area contributed by atoms with Gasteiger partial charge in [-0.3, -0.25) is 4.79 Å². The number of carbonyl (C=O) groups excluding carboxylic acids is 1. The van der Waals surface area contributed by atoms with Crippen molar-refractivity contribution in [3.05, 3.63) is 29.8 Å². The van der Waals surface area contributed by atoms with E-state index >= 15 is 0 Å². The van der Waals surface area contributed by atoms with Crippen LogP contribution in [0.25, 0.3) is 0 Å². The van der Waals surface area contributed by atoms with Gasteiger partial charge in [0.25, 0.3) is 5.91 Å². The van der Waals surface area contributed by atoms with E-state index in [9.17, 15) is 4.79 Å². The molecule has 1 amide bonds. The van der Waals surface area contributed by atoms with Gasteiger partial charge in [-0.2, -0.15) is 0 Å². The molecule has 88 valence electrons. The first-order valence-electron chi connectivity index (χ1n) is 5.29. The largest absolute Gasteiger partial charge is 0.481 e. The SMILES string of the molecule is CNC(=O)C(C)Oc1ccccc1[C@H](C)N. The van der Waals surface area contributed by atoms with Crippen molar-refractivity contribution in [1.29, 1.82) is 0 Å². The van der Waals surface area contributed by atoms with Crippen LogP contribution in [0.2, 0.25) is 0 Å². The quantitative estimate of drug-likeness (QED) is 0.805. The number of para-hydroxylation sites is 1. The predicted molar refractivity (Wildman–Crippen MR) is 63.2 cm³/mol. The van der Waals surface area contributed by atoms with E-state index in [-0.39, 0.29) is 11.9 Å². The number of ether oxygens (including phenoxy) is 1. The second kappa shape index (κ2) is 5.51. The summed E-state index contributed by atoms with van der Waals surface area (Å²) in [4.78, 5) is 11.3. The van der Waals surface area contributed by atoms with Gasteiger partial charge < -0.3 is 15.8 Å². The summed E-state index contributed by atoms with van der Waals surface area (Å²) in [7, 11) is 1.58. The minimum Gasteiger partial charge on any atom is -0.481 e. The molecule has 0 bridgehead atoms. The summed E-state index contributed by atoms with van der Waals surface area (Å²) in [6, 6.07) is 7.36. The monoisotopic (exact) mass is 222 g/mol. The highest BCUT2D eigenvalue weighted by Gasteiger charge is 2.15. The van der Waals surface area contributed by atoms with Gasteiger partial charge in [0.15, 0.2) is 6.10 Å². The number of benzene rings is 1. The van der Waals surface area contributed by atoms with Crippen molar-refractivity contribution in [3.63, 3.8) is 0 Å². The highest BCUT2D eigenvalue weighted by molar-refractivity contribution is 5.80. The summed E-state index contributed by atoms with van der Waals surface area (Å²) in [6.45, 7) is 3.59. The number of carbonyl (C=O) groups is 1. The fourth-order valence-corrected chi connectivity index (χ4v) is 1.41. The summed E-state index contributed by atoms with van der Waals surface area (Å²) in [5, 5.41) is 2.54. The Morgan fingerprint density at radius 1 is 1.38 bits per heavy atom. The molecule has 0 heterocycles. The lowest BCUT2D eigenvalue weighted by atomic mass is 10.1. The molecule has 0 saturated heterocycles. The fraction of sp³-hybridized carbons (Fsp3) is 0.417. The maximum absolute atomic E-state index is 11.3. The van der Waals surface area contributed by atoms with Gasteiger partial charge in [-0.25, -0.2) is 0 Å². The van der Waals surface area contributed by atoms with Gasteiger partial charge in [0.05, 0.1) is 0 Å². The second-order valence-electron chi connectivity index (χ2n) is 3.70. The van der Waals surface area contributed by atoms with Gasteiger partial charge in [-0.05, 0) is 19.9 Å². The Morgan fingerprint density at radius 3 is 2.56 bits per heavy atom. The van der Waals surface area contributed by atoms with Crippen LogP contribution in [-0.2, 0) is 4.79 Å². The van der Waals surface area contributed by atoms with Crippen LogP contribution < -0.4 is 15.8 Å². The summed E-state index contributed by atoms with van der Waals surface area (Å²) < 4.78 is 5.57. The zero-order valence-electron chi connectivity index (χ0n) is 9.86. The second-order valence-corrected chi connectivity index (χ2v) is 3.70. The van der Waals surface area contributed by atoms with Gasteiger partial charge in [0.2, 0.25) is 0 Å². The highest BCUT2D eigenvalue weighted by atomic mass is 16.5. The van der Waals surface area contributed by atoms with Gasteiger partial charge in [-0.15, -0.1) is 0 Å². The molecule has 0 saturated carbocycles. The molecule has 16 heavy (non-hydrogen) atoms. The Labute approximate surface area is 95.8 Å². The zero-order valence-corrected chi connectivity index (χ0v) is 9.86. The molecule has 0 spiro atoms. The van der Waals surface area contributed by atoms with Crippen LogP contribution in [0.3, 0.4) is 0 Å². The number of nitrogens with two attached hydrogens (primary N) is 1. The van der Waals surface area contributed by atoms with Crippen LogP contribution >= 0.6 is 0 Å². The normalized spacial score (nSPS) is 14.0. The number of rotatable bonds is 4. The average Bonchev–Trinajstić information content (AvgIpc) is 2.28. The molecular formula is C12H18N2O2. The van der Waals surface area contributed by atoms with Gasteiger partial charge in [-0.1, -0.05) is 18.2 Å². The lowest BCUT2D eigenvalue weighted by Crippen LogP contribution is -2.34. The molecule has 0 aromatic heterocycles. The van der Waals surface area contributed by atoms with E-state index in [2.05, 4.69) is 5.32 Å². The maximum Gasteiger partial charge on any atom is 0.260 e. The first kappa shape index (κ1) is 12.5. The van der Waals surface area contributed by atoms with Crippen molar-refractivity contribution in [2.45, 2.75) is 26.0 Å². The van der Waals surface area contributed by atoms with E-state index in [1.165, 1.54) is 0 Å². The van der Waals surface area contributed by atoms with Crippen molar-refractivity contribution in [2.75, 3.05) is 7.05 Å². The molecule has 1 aromatic rings. The van der Waals surface area contributed by atoms with Crippen LogP contribution in [0.4, 0.5) is 0 Å². The Hall–Kier alpha value is -1.55. The average molecular weight is 222 g/mol. The van der Waals surface area contributed by atoms with Crippen LogP contribution in [0, 0.1) is 0 Å². The molecule has 0 aliphatic carbocycles. The van der Waals surface area contributed by atoms with Gasteiger partial charge >= 0.3 is 0 Å². The predicted octanol–water partition coefficient (Wildman–Crippen LogP) is 1.22. The lowest BCUT2D eigenvalue weighted by Gasteiger charge is -2.17. The maximum atomic E-state index is 11.3. The van der Waals surface area contributed by atoms with E-state index in [1.807, 2.05) is 31.2 Å². The molecular weight excluding hydrogens is 204 g/mol. The number of amides is 1. The van der Waals surface area contributed by atoms with E-state index in [4.69, 9.17) is 10.5 Å². The van der Waals surface area contributed by atoms with Crippen LogP contribution in [0.5, 0.6) is 5.75 Å². The first-order chi connectivity index (χ1) is 7.56. The summed E-state index contributed by atoms with van der Waals surface area (Å²) in [5.41, 5.74) is 6.72. The Balaban J connectivity index is 2.84. The molecule has 0 radical (unpaired) electrons. The first-order valence-corrected chi connectivity index (χ1v) is 5.29. The molecule has 1 unspecified atom stereocenters. The third-order valence-electron chi connectivity index (χ3n) is 2.33. The third kappa shape index (κ3) is 2.97. The zero-order chi connectivity index (χ0) is 12.1. The van der Waals surface area contributed by atoms with E-state index < -0.39 is 6.10 Å². The topological polar surface area (TPSA) is 64.3 Å². The Kier molecular flexibility index (Phi) is 4.31. The van der Waals surface area contributed by atoms with E-state index in [0.29, 0.717) is 5.75 Å². The van der Waals surface area contributed by atoms with Gasteiger partial charge in [0.1, 0.15) is 5.75 Å². The van der Waals surface area contributed by atoms with Crippen LogP contribution in [0.15, 0.2) is 24.3 Å². The smallest absolute Gasteiger partial charge is 0.260 e. The van der Waals surface area contributed by atoms with Crippen molar-refractivity contribution in [1.82, 2.24) is 5.32 Å². The minimum absolute atomic E-state index is 0.118. The Bertz CT molecular complexity index is 364. The number of hydrogen-bond acceptors (Lipinski definition) is 3. The molecule has 1 rings (SSSR count). The standard InChI is InChI=1S/C12H18N2O2/c1-8(13)10-6-4-5-7-11(10)16-9(2)12(15)14-3/h4-9H,13H2,1-3H3,(H,14,15)/t8-,9?/m0/s1. The van der Waals surface area contributed by atoms with Crippen molar-refractivity contribution < 1.29 is 9.53 Å². The molecule has 3 N–H and O–H groups in total. The summed E-state index contributed by atoms with van der Waals surface area (Å²) >= 11 is 0. The van der Waals surface area contributed by atoms with Gasteiger partial charge in [0, 0.05) is 18.7 Å². The molecule has 0 fully saturated rings. The highest BCUT2D eigenvalue weighted by Crippen LogP contribution is 2.24. The third-order valence-corrected chi connectivity index (χ3v) is 2.33. The van der Waals surface area contributed by atoms with Crippen molar-refractivity contribution in [3.8, 4) is 5.75 Å². The van der Waals surface area contributed by atoms with Crippen molar-refractivity contribution in [2.24, 2.45) is 5.73 Å². The van der Waals surface area contributed by atoms with E-state index in [1.54, 1.807) is 14.0 Å². The number of likely N-dealkylation sites (N-methyl/N-ethyl adjacent to an activating group) is 1. The molecule has 4 heteroatoms. The fourth-order valence-electron chi connectivity index (χ4n) is 1.41. The molecule has 1 aromatic carbocycles. The number of hydrogen-bond donors (Lipinski definition) is 2. The molecule has 4 nitrogen and oxygen atoms in total. The molecule has 2 atom stereocenters. The summed E-state index contributed by atoms with van der Waals surface area (Å²) in [6.07, 6.45) is -0.523. The van der Waals surface area contributed by atoms with Crippen LogP contribution in [-0.4, -0.2) is 19.1 Å². The molecule has 0 aliphatic rings. The lowest BCUT2D eigenvalue weighted by molar-refractivity contribution is -0.126.